The summed E-state index contributed by atoms with van der Waals surface area (Å²) < 4.78 is 13.5. The Kier molecular flexibility index (Phi) is 2.23. The molecule has 0 aliphatic carbocycles. The Morgan fingerprint density at radius 1 is 1.57 bits per heavy atom. The highest BCUT2D eigenvalue weighted by Gasteiger charge is 2.24. The average Bonchev–Trinajstić information content (AvgIpc) is 2.18. The first-order valence-electron chi connectivity index (χ1n) is 4.69. The van der Waals surface area contributed by atoms with E-state index in [4.69, 9.17) is 0 Å². The topological polar surface area (TPSA) is 20.3 Å². The number of hydrogen-bond donors (Lipinski definition) is 0. The molecule has 0 radical (unpaired) electrons. The molecule has 1 aromatic carbocycles. The maximum Gasteiger partial charge on any atom is 0.146 e. The number of aldehydes is 1. The van der Waals surface area contributed by atoms with E-state index in [1.807, 2.05) is 18.0 Å². The summed E-state index contributed by atoms with van der Waals surface area (Å²) in [6.45, 7) is 0.733. The molecule has 1 unspecified atom stereocenters. The fraction of sp³-hybridized carbons (Fsp3) is 0.364. The predicted molar refractivity (Wildman–Crippen MR) is 53.1 cm³/mol. The number of benzene rings is 1. The van der Waals surface area contributed by atoms with Crippen LogP contribution in [-0.4, -0.2) is 19.9 Å². The molecule has 0 spiro atoms. The number of anilines is 1. The van der Waals surface area contributed by atoms with Crippen LogP contribution in [0.3, 0.4) is 0 Å². The van der Waals surface area contributed by atoms with Crippen molar-refractivity contribution in [2.45, 2.75) is 12.3 Å². The first-order valence-corrected chi connectivity index (χ1v) is 4.69. The number of para-hydroxylation sites is 1. The summed E-state index contributed by atoms with van der Waals surface area (Å²) in [6, 6.07) is 4.92. The lowest BCUT2D eigenvalue weighted by molar-refractivity contribution is -0.109. The molecule has 0 aromatic heterocycles. The van der Waals surface area contributed by atoms with Gasteiger partial charge in [-0.1, -0.05) is 12.1 Å². The van der Waals surface area contributed by atoms with Crippen molar-refractivity contribution in [3.05, 3.63) is 29.6 Å². The van der Waals surface area contributed by atoms with E-state index in [1.165, 1.54) is 6.07 Å². The van der Waals surface area contributed by atoms with Crippen molar-refractivity contribution in [2.24, 2.45) is 0 Å². The second-order valence-corrected chi connectivity index (χ2v) is 3.63. The zero-order chi connectivity index (χ0) is 10.1. The van der Waals surface area contributed by atoms with E-state index in [2.05, 4.69) is 0 Å². The fourth-order valence-electron chi connectivity index (χ4n) is 1.98. The van der Waals surface area contributed by atoms with Crippen LogP contribution < -0.4 is 4.90 Å². The van der Waals surface area contributed by atoms with Crippen LogP contribution in [-0.2, 0) is 4.79 Å². The highest BCUT2D eigenvalue weighted by atomic mass is 19.1. The third-order valence-corrected chi connectivity index (χ3v) is 2.74. The fourth-order valence-corrected chi connectivity index (χ4v) is 1.98. The number of carbonyl (C=O) groups excluding carboxylic acids is 1. The number of halogens is 1. The van der Waals surface area contributed by atoms with Gasteiger partial charge in [0.25, 0.3) is 0 Å². The van der Waals surface area contributed by atoms with E-state index in [-0.39, 0.29) is 11.7 Å². The lowest BCUT2D eigenvalue weighted by Crippen LogP contribution is -2.28. The highest BCUT2D eigenvalue weighted by Crippen LogP contribution is 2.34. The molecular formula is C11H12FNO. The van der Waals surface area contributed by atoms with Crippen LogP contribution in [0.5, 0.6) is 0 Å². The maximum atomic E-state index is 13.5. The Labute approximate surface area is 82.3 Å². The molecule has 2 rings (SSSR count). The summed E-state index contributed by atoms with van der Waals surface area (Å²) in [7, 11) is 1.85. The van der Waals surface area contributed by atoms with Crippen LogP contribution >= 0.6 is 0 Å². The highest BCUT2D eigenvalue weighted by molar-refractivity contribution is 5.71. The van der Waals surface area contributed by atoms with Crippen LogP contribution in [0.4, 0.5) is 10.1 Å². The van der Waals surface area contributed by atoms with Gasteiger partial charge in [0.15, 0.2) is 0 Å². The van der Waals surface area contributed by atoms with Crippen LogP contribution in [0.25, 0.3) is 0 Å². The second kappa shape index (κ2) is 3.40. The third-order valence-electron chi connectivity index (χ3n) is 2.74. The minimum atomic E-state index is -0.239. The van der Waals surface area contributed by atoms with Crippen LogP contribution in [0, 0.1) is 5.82 Å². The molecule has 1 aliphatic heterocycles. The molecule has 1 aromatic rings. The molecule has 1 atom stereocenters. The van der Waals surface area contributed by atoms with Gasteiger partial charge in [-0.2, -0.15) is 0 Å². The van der Waals surface area contributed by atoms with Gasteiger partial charge >= 0.3 is 0 Å². The third kappa shape index (κ3) is 1.29. The molecule has 0 N–H and O–H groups in total. The summed E-state index contributed by atoms with van der Waals surface area (Å²) in [4.78, 5) is 12.7. The van der Waals surface area contributed by atoms with Gasteiger partial charge in [0.2, 0.25) is 0 Å². The first-order chi connectivity index (χ1) is 6.74. The Balaban J connectivity index is 2.56. The molecule has 0 fully saturated rings. The SMILES string of the molecule is CN1CCC(C=O)c2cccc(F)c21. The summed E-state index contributed by atoms with van der Waals surface area (Å²) in [5.41, 5.74) is 1.39. The molecule has 0 saturated carbocycles. The molecule has 0 saturated heterocycles. The molecule has 14 heavy (non-hydrogen) atoms. The average molecular weight is 193 g/mol. The minimum Gasteiger partial charge on any atom is -0.372 e. The zero-order valence-corrected chi connectivity index (χ0v) is 8.03. The molecule has 0 bridgehead atoms. The molecule has 0 amide bonds. The van der Waals surface area contributed by atoms with Crippen molar-refractivity contribution < 1.29 is 9.18 Å². The molecule has 1 heterocycles. The van der Waals surface area contributed by atoms with Crippen molar-refractivity contribution in [3.8, 4) is 0 Å². The number of hydrogen-bond acceptors (Lipinski definition) is 2. The van der Waals surface area contributed by atoms with E-state index >= 15 is 0 Å². The number of carbonyl (C=O) groups is 1. The summed E-state index contributed by atoms with van der Waals surface area (Å²) >= 11 is 0. The molecular weight excluding hydrogens is 181 g/mol. The number of nitrogens with zero attached hydrogens (tertiary/aromatic N) is 1. The molecule has 1 aliphatic rings. The van der Waals surface area contributed by atoms with Crippen molar-refractivity contribution in [3.63, 3.8) is 0 Å². The van der Waals surface area contributed by atoms with Gasteiger partial charge < -0.3 is 9.69 Å². The van der Waals surface area contributed by atoms with Crippen molar-refractivity contribution in [1.29, 1.82) is 0 Å². The normalized spacial score (nSPS) is 20.4. The largest absolute Gasteiger partial charge is 0.372 e. The predicted octanol–water partition coefficient (Wildman–Crippen LogP) is 1.95. The van der Waals surface area contributed by atoms with Crippen molar-refractivity contribution in [1.82, 2.24) is 0 Å². The quantitative estimate of drug-likeness (QED) is 0.635. The first kappa shape index (κ1) is 9.19. The van der Waals surface area contributed by atoms with Gasteiger partial charge in [-0.15, -0.1) is 0 Å². The Morgan fingerprint density at radius 2 is 2.36 bits per heavy atom. The molecule has 3 heteroatoms. The van der Waals surface area contributed by atoms with Gasteiger partial charge in [0.05, 0.1) is 5.69 Å². The summed E-state index contributed by atoms with van der Waals surface area (Å²) in [5, 5.41) is 0. The van der Waals surface area contributed by atoms with E-state index in [0.717, 1.165) is 24.8 Å². The zero-order valence-electron chi connectivity index (χ0n) is 8.03. The Morgan fingerprint density at radius 3 is 3.07 bits per heavy atom. The van der Waals surface area contributed by atoms with Gasteiger partial charge in [-0.05, 0) is 18.1 Å². The molecule has 2 nitrogen and oxygen atoms in total. The van der Waals surface area contributed by atoms with E-state index < -0.39 is 0 Å². The van der Waals surface area contributed by atoms with Crippen LogP contribution in [0.1, 0.15) is 17.9 Å². The maximum absolute atomic E-state index is 13.5. The monoisotopic (exact) mass is 193 g/mol. The second-order valence-electron chi connectivity index (χ2n) is 3.63. The van der Waals surface area contributed by atoms with Crippen LogP contribution in [0.15, 0.2) is 18.2 Å². The smallest absolute Gasteiger partial charge is 0.146 e. The minimum absolute atomic E-state index is 0.142. The lowest BCUT2D eigenvalue weighted by Gasteiger charge is -2.30. The van der Waals surface area contributed by atoms with Crippen molar-refractivity contribution in [2.75, 3.05) is 18.5 Å². The van der Waals surface area contributed by atoms with E-state index in [9.17, 15) is 9.18 Å². The van der Waals surface area contributed by atoms with E-state index in [1.54, 1.807) is 6.07 Å². The van der Waals surface area contributed by atoms with E-state index in [0.29, 0.717) is 5.69 Å². The standard InChI is InChI=1S/C11H12FNO/c1-13-6-5-8(7-14)9-3-2-4-10(12)11(9)13/h2-4,7-8H,5-6H2,1H3. The Bertz CT molecular complexity index is 364. The van der Waals surface area contributed by atoms with Crippen LogP contribution in [0.2, 0.25) is 0 Å². The lowest BCUT2D eigenvalue weighted by atomic mass is 9.91. The number of fused-ring (bicyclic) bond motifs is 1. The van der Waals surface area contributed by atoms with Gasteiger partial charge in [0, 0.05) is 19.5 Å². The van der Waals surface area contributed by atoms with Crippen molar-refractivity contribution >= 4 is 12.0 Å². The van der Waals surface area contributed by atoms with Gasteiger partial charge in [-0.25, -0.2) is 4.39 Å². The summed E-state index contributed by atoms with van der Waals surface area (Å²) in [6.07, 6.45) is 1.68. The van der Waals surface area contributed by atoms with Gasteiger partial charge in [-0.3, -0.25) is 0 Å². The Hall–Kier alpha value is -1.38. The summed E-state index contributed by atoms with van der Waals surface area (Å²) in [5.74, 6) is -0.381. The van der Waals surface area contributed by atoms with Gasteiger partial charge in [0.1, 0.15) is 12.1 Å². The molecule has 74 valence electrons. The number of rotatable bonds is 1.